The molecule has 5 rings (SSSR count). The average molecular weight is 476 g/mol. The van der Waals surface area contributed by atoms with E-state index in [1.807, 2.05) is 30.6 Å². The minimum absolute atomic E-state index is 0.291. The van der Waals surface area contributed by atoms with Crippen molar-refractivity contribution in [2.45, 2.75) is 44.3 Å². The molecule has 2 fully saturated rings. The Morgan fingerprint density at radius 3 is 2.65 bits per heavy atom. The highest BCUT2D eigenvalue weighted by molar-refractivity contribution is 8.18. The van der Waals surface area contributed by atoms with Crippen LogP contribution in [0.3, 0.4) is 0 Å². The molecule has 174 valence electrons. The van der Waals surface area contributed by atoms with Gasteiger partial charge < -0.3 is 15.6 Å². The molecule has 10 heteroatoms. The zero-order valence-electron chi connectivity index (χ0n) is 18.5. The number of aromatic amines is 1. The van der Waals surface area contributed by atoms with Gasteiger partial charge in [-0.15, -0.1) is 0 Å². The highest BCUT2D eigenvalue weighted by Gasteiger charge is 2.25. The Kier molecular flexibility index (Phi) is 6.68. The summed E-state index contributed by atoms with van der Waals surface area (Å²) in [6.45, 7) is 0.777. The first-order valence-electron chi connectivity index (χ1n) is 11.3. The lowest BCUT2D eigenvalue weighted by Gasteiger charge is -2.30. The summed E-state index contributed by atoms with van der Waals surface area (Å²) in [6, 6.07) is 10.6. The van der Waals surface area contributed by atoms with Gasteiger partial charge in [-0.05, 0) is 73.4 Å². The fourth-order valence-corrected chi connectivity index (χ4v) is 4.92. The number of amides is 2. The van der Waals surface area contributed by atoms with Crippen LogP contribution in [0.1, 0.15) is 36.9 Å². The van der Waals surface area contributed by atoms with Crippen molar-refractivity contribution in [1.29, 1.82) is 0 Å². The van der Waals surface area contributed by atoms with Crippen LogP contribution < -0.4 is 16.0 Å². The lowest BCUT2D eigenvalue weighted by Crippen LogP contribution is -2.37. The summed E-state index contributed by atoms with van der Waals surface area (Å²) >= 11 is 0.881. The number of carbonyl (C=O) groups excluding carboxylic acids is 2. The summed E-state index contributed by atoms with van der Waals surface area (Å²) in [5.74, 6) is 0.145. The van der Waals surface area contributed by atoms with Crippen LogP contribution in [0.25, 0.3) is 17.5 Å². The molecule has 0 spiro atoms. The summed E-state index contributed by atoms with van der Waals surface area (Å²) in [6.07, 6.45) is 11.1. The number of anilines is 1. The Labute approximate surface area is 201 Å². The van der Waals surface area contributed by atoms with Crippen molar-refractivity contribution in [2.75, 3.05) is 5.32 Å². The van der Waals surface area contributed by atoms with Gasteiger partial charge in [0.05, 0.1) is 22.0 Å². The summed E-state index contributed by atoms with van der Waals surface area (Å²) in [5.41, 5.74) is 3.79. The van der Waals surface area contributed by atoms with Crippen molar-refractivity contribution in [3.05, 3.63) is 65.1 Å². The van der Waals surface area contributed by atoms with E-state index in [1.165, 1.54) is 5.56 Å². The molecular weight excluding hydrogens is 450 g/mol. The average Bonchev–Trinajstić information content (AvgIpc) is 3.49. The first-order chi connectivity index (χ1) is 16.6. The predicted octanol–water partition coefficient (Wildman–Crippen LogP) is 3.70. The molecule has 1 aliphatic carbocycles. The molecule has 4 N–H and O–H groups in total. The maximum absolute atomic E-state index is 11.8. The van der Waals surface area contributed by atoms with E-state index >= 15 is 0 Å². The van der Waals surface area contributed by atoms with E-state index in [2.05, 4.69) is 42.0 Å². The minimum atomic E-state index is -0.389. The zero-order chi connectivity index (χ0) is 23.3. The van der Waals surface area contributed by atoms with E-state index in [0.29, 0.717) is 28.6 Å². The van der Waals surface area contributed by atoms with Crippen LogP contribution >= 0.6 is 11.8 Å². The molecule has 0 bridgehead atoms. The molecule has 1 saturated heterocycles. The monoisotopic (exact) mass is 475 g/mol. The summed E-state index contributed by atoms with van der Waals surface area (Å²) in [4.78, 5) is 40.0. The SMILES string of the molecule is O=C1NC(=O)C(=Cc2ccnc(N[C@H]3CC[C@H](NCc4cccnc4-c4ccc[nH]4)CC3)n2)S1. The fraction of sp³-hybridized carbons (Fsp3) is 0.292. The first-order valence-corrected chi connectivity index (χ1v) is 12.1. The zero-order valence-corrected chi connectivity index (χ0v) is 19.3. The van der Waals surface area contributed by atoms with Gasteiger partial charge in [0.25, 0.3) is 11.1 Å². The first kappa shape index (κ1) is 22.3. The van der Waals surface area contributed by atoms with Crippen LogP contribution in [0.5, 0.6) is 0 Å². The van der Waals surface area contributed by atoms with Gasteiger partial charge in [0.2, 0.25) is 5.95 Å². The number of nitrogens with zero attached hydrogens (tertiary/aromatic N) is 3. The maximum atomic E-state index is 11.8. The standard InChI is InChI=1S/C24H25N7O2S/c32-22-20(34-24(33)31-22)13-18-9-12-27-23(30-18)29-17-7-5-16(6-8-17)28-14-15-3-1-11-26-21(15)19-4-2-10-25-19/h1-4,9-13,16-17,25,28H,5-8,14H2,(H,27,29,30)(H,31,32,33)/t16-,17-. The Morgan fingerprint density at radius 1 is 1.03 bits per heavy atom. The summed E-state index contributed by atoms with van der Waals surface area (Å²) in [5, 5.41) is 9.00. The van der Waals surface area contributed by atoms with Crippen molar-refractivity contribution >= 4 is 34.9 Å². The Balaban J connectivity index is 1.13. The van der Waals surface area contributed by atoms with Gasteiger partial charge in [0, 0.05) is 37.2 Å². The third-order valence-corrected chi connectivity index (χ3v) is 6.79. The largest absolute Gasteiger partial charge is 0.360 e. The highest BCUT2D eigenvalue weighted by atomic mass is 32.2. The van der Waals surface area contributed by atoms with Gasteiger partial charge in [-0.3, -0.25) is 19.9 Å². The molecule has 3 aromatic rings. The van der Waals surface area contributed by atoms with Crippen molar-refractivity contribution in [2.24, 2.45) is 0 Å². The lowest BCUT2D eigenvalue weighted by atomic mass is 9.91. The molecule has 3 aromatic heterocycles. The quantitative estimate of drug-likeness (QED) is 0.381. The molecule has 0 aromatic carbocycles. The lowest BCUT2D eigenvalue weighted by molar-refractivity contribution is -0.115. The third kappa shape index (κ3) is 5.35. The van der Waals surface area contributed by atoms with Crippen LogP contribution in [0, 0.1) is 0 Å². The Morgan fingerprint density at radius 2 is 1.88 bits per heavy atom. The molecule has 2 aliphatic rings. The highest BCUT2D eigenvalue weighted by Crippen LogP contribution is 2.26. The number of imide groups is 1. The van der Waals surface area contributed by atoms with Crippen LogP contribution in [0.2, 0.25) is 0 Å². The van der Waals surface area contributed by atoms with Gasteiger partial charge in [0.15, 0.2) is 0 Å². The molecule has 0 unspecified atom stereocenters. The molecule has 1 aliphatic heterocycles. The topological polar surface area (TPSA) is 125 Å². The number of thioether (sulfide) groups is 1. The minimum Gasteiger partial charge on any atom is -0.360 e. The number of carbonyl (C=O) groups is 2. The molecule has 4 heterocycles. The van der Waals surface area contributed by atoms with Crippen molar-refractivity contribution < 1.29 is 9.59 Å². The van der Waals surface area contributed by atoms with Crippen LogP contribution in [-0.2, 0) is 11.3 Å². The maximum Gasteiger partial charge on any atom is 0.290 e. The van der Waals surface area contributed by atoms with E-state index in [4.69, 9.17) is 0 Å². The van der Waals surface area contributed by atoms with Gasteiger partial charge in [-0.1, -0.05) is 6.07 Å². The number of aromatic nitrogens is 4. The van der Waals surface area contributed by atoms with Gasteiger partial charge in [-0.2, -0.15) is 0 Å². The second-order valence-corrected chi connectivity index (χ2v) is 9.34. The smallest absolute Gasteiger partial charge is 0.290 e. The summed E-state index contributed by atoms with van der Waals surface area (Å²) in [7, 11) is 0. The van der Waals surface area contributed by atoms with Crippen LogP contribution in [0.4, 0.5) is 10.7 Å². The number of hydrogen-bond donors (Lipinski definition) is 4. The van der Waals surface area contributed by atoms with Crippen molar-refractivity contribution in [1.82, 2.24) is 30.6 Å². The van der Waals surface area contributed by atoms with E-state index in [0.717, 1.165) is 55.4 Å². The Hall–Kier alpha value is -3.50. The van der Waals surface area contributed by atoms with E-state index < -0.39 is 0 Å². The number of nitrogens with one attached hydrogen (secondary N) is 4. The molecule has 0 atom stereocenters. The molecule has 34 heavy (non-hydrogen) atoms. The molecule has 1 saturated carbocycles. The number of hydrogen-bond acceptors (Lipinski definition) is 8. The van der Waals surface area contributed by atoms with E-state index in [9.17, 15) is 9.59 Å². The van der Waals surface area contributed by atoms with E-state index in [1.54, 1.807) is 18.3 Å². The van der Waals surface area contributed by atoms with Gasteiger partial charge in [-0.25, -0.2) is 9.97 Å². The molecule has 9 nitrogen and oxygen atoms in total. The number of pyridine rings is 1. The molecule has 2 amide bonds. The Bertz CT molecular complexity index is 1200. The second kappa shape index (κ2) is 10.2. The number of rotatable bonds is 7. The van der Waals surface area contributed by atoms with Crippen LogP contribution in [-0.4, -0.2) is 43.2 Å². The van der Waals surface area contributed by atoms with Crippen molar-refractivity contribution in [3.8, 4) is 11.4 Å². The predicted molar refractivity (Wildman–Crippen MR) is 132 cm³/mol. The normalized spacial score (nSPS) is 21.6. The van der Waals surface area contributed by atoms with Crippen LogP contribution in [0.15, 0.2) is 53.8 Å². The van der Waals surface area contributed by atoms with Crippen molar-refractivity contribution in [3.63, 3.8) is 0 Å². The van der Waals surface area contributed by atoms with Gasteiger partial charge >= 0.3 is 0 Å². The fourth-order valence-electron chi connectivity index (χ4n) is 4.26. The molecular formula is C24H25N7O2S. The van der Waals surface area contributed by atoms with E-state index in [-0.39, 0.29) is 11.1 Å². The third-order valence-electron chi connectivity index (χ3n) is 5.98. The second-order valence-electron chi connectivity index (χ2n) is 8.33. The molecule has 0 radical (unpaired) electrons. The van der Waals surface area contributed by atoms with Gasteiger partial charge in [0.1, 0.15) is 0 Å². The summed E-state index contributed by atoms with van der Waals surface area (Å²) < 4.78 is 0. The number of H-pyrrole nitrogens is 1.